The normalized spacial score (nSPS) is 18.2. The maximum absolute atomic E-state index is 3.68. The van der Waals surface area contributed by atoms with Gasteiger partial charge in [-0.05, 0) is 18.4 Å². The van der Waals surface area contributed by atoms with Crippen molar-refractivity contribution in [2.75, 3.05) is 0 Å². The van der Waals surface area contributed by atoms with E-state index in [1.807, 2.05) is 0 Å². The molecule has 0 atom stereocenters. The van der Waals surface area contributed by atoms with E-state index in [0.29, 0.717) is 0 Å². The first-order chi connectivity index (χ1) is 12.9. The Kier molecular flexibility index (Phi) is 6.83. The third-order valence-electron chi connectivity index (χ3n) is 6.03. The Morgan fingerprint density at radius 3 is 2.29 bits per heavy atom. The largest absolute Gasteiger partial charge is 0.145 e. The second-order valence-corrected chi connectivity index (χ2v) is 14.5. The van der Waals surface area contributed by atoms with Gasteiger partial charge in [-0.2, -0.15) is 0 Å². The molecular weight excluding hydrogens is 432 g/mol. The Morgan fingerprint density at radius 1 is 0.964 bits per heavy atom. The van der Waals surface area contributed by atoms with Crippen LogP contribution in [0.15, 0.2) is 48.0 Å². The van der Waals surface area contributed by atoms with E-state index in [-0.39, 0.29) is 26.2 Å². The third-order valence-corrected chi connectivity index (χ3v) is 8.10. The molecule has 2 aliphatic rings. The van der Waals surface area contributed by atoms with E-state index < -0.39 is 8.07 Å². The Hall–Kier alpha value is -0.980. The molecule has 0 amide bonds. The molecule has 0 heterocycles. The maximum atomic E-state index is 3.68. The van der Waals surface area contributed by atoms with Gasteiger partial charge >= 0.3 is 0 Å². The Labute approximate surface area is 190 Å². The fraction of sp³-hybridized carbons (Fsp3) is 0.385. The molecule has 1 fully saturated rings. The smallest absolute Gasteiger partial charge is 0.0775 e. The zero-order valence-corrected chi connectivity index (χ0v) is 21.2. The van der Waals surface area contributed by atoms with Gasteiger partial charge < -0.3 is 0 Å². The number of allylic oxidation sites excluding steroid dienone is 2. The molecule has 0 nitrogen and oxygen atoms in total. The van der Waals surface area contributed by atoms with Crippen LogP contribution in [0.3, 0.4) is 0 Å². The molecule has 28 heavy (non-hydrogen) atoms. The van der Waals surface area contributed by atoms with E-state index in [4.69, 9.17) is 0 Å². The minimum absolute atomic E-state index is 0. The average molecular weight is 463 g/mol. The minimum atomic E-state index is -1.25. The summed E-state index contributed by atoms with van der Waals surface area (Å²) in [6.07, 6.45) is 15.4. The first kappa shape index (κ1) is 21.7. The van der Waals surface area contributed by atoms with Crippen LogP contribution < -0.4 is 15.6 Å². The summed E-state index contributed by atoms with van der Waals surface area (Å²) in [6.45, 7) is 9.43. The van der Waals surface area contributed by atoms with Gasteiger partial charge in [0.25, 0.3) is 0 Å². The zero-order chi connectivity index (χ0) is 19.0. The molecule has 0 radical (unpaired) electrons. The summed E-state index contributed by atoms with van der Waals surface area (Å²) < 4.78 is 0. The van der Waals surface area contributed by atoms with Crippen LogP contribution in [0, 0.1) is 12.8 Å². The van der Waals surface area contributed by atoms with Crippen LogP contribution in [0.1, 0.15) is 37.7 Å². The van der Waals surface area contributed by atoms with E-state index in [1.165, 1.54) is 70.0 Å². The van der Waals surface area contributed by atoms with Crippen molar-refractivity contribution in [3.05, 3.63) is 64.0 Å². The second-order valence-electron chi connectivity index (χ2n) is 9.39. The molecule has 144 valence electrons. The summed E-state index contributed by atoms with van der Waals surface area (Å²) in [6, 6.07) is 13.9. The Bertz CT molecular complexity index is 984. The SMILES string of the molecule is Cc1cc(-c2ccc([Si](C)(C)C)cc2)c2c(c1)=[C-]C(=CC1CCCCC1)C=2.[Zr]. The Morgan fingerprint density at radius 2 is 1.64 bits per heavy atom. The summed E-state index contributed by atoms with van der Waals surface area (Å²) in [5.74, 6) is 0.743. The van der Waals surface area contributed by atoms with E-state index in [0.717, 1.165) is 5.92 Å². The summed E-state index contributed by atoms with van der Waals surface area (Å²) in [5, 5.41) is 4.14. The van der Waals surface area contributed by atoms with Gasteiger partial charge in [0.1, 0.15) is 0 Å². The monoisotopic (exact) mass is 461 g/mol. The topological polar surface area (TPSA) is 0 Å². The molecule has 0 aliphatic heterocycles. The molecule has 1 saturated carbocycles. The molecule has 0 unspecified atom stereocenters. The molecule has 2 aliphatic carbocycles. The predicted molar refractivity (Wildman–Crippen MR) is 121 cm³/mol. The van der Waals surface area contributed by atoms with E-state index in [9.17, 15) is 0 Å². The molecule has 0 spiro atoms. The van der Waals surface area contributed by atoms with E-state index >= 15 is 0 Å². The van der Waals surface area contributed by atoms with Gasteiger partial charge in [-0.15, -0.1) is 40.3 Å². The molecule has 4 rings (SSSR count). The number of benzene rings is 2. The zero-order valence-electron chi connectivity index (χ0n) is 17.7. The predicted octanol–water partition coefficient (Wildman–Crippen LogP) is 5.16. The fourth-order valence-corrected chi connectivity index (χ4v) is 5.60. The van der Waals surface area contributed by atoms with Crippen LogP contribution in [0.25, 0.3) is 23.3 Å². The molecule has 2 heteroatoms. The van der Waals surface area contributed by atoms with Gasteiger partial charge in [0.2, 0.25) is 0 Å². The minimum Gasteiger partial charge on any atom is -0.145 e. The second kappa shape index (κ2) is 8.80. The van der Waals surface area contributed by atoms with Crippen molar-refractivity contribution in [2.24, 2.45) is 5.92 Å². The number of hydrogen-bond donors (Lipinski definition) is 0. The first-order valence-corrected chi connectivity index (χ1v) is 14.0. The van der Waals surface area contributed by atoms with Gasteiger partial charge in [-0.3, -0.25) is 0 Å². The van der Waals surface area contributed by atoms with Gasteiger partial charge in [0, 0.05) is 26.2 Å². The summed E-state index contributed by atoms with van der Waals surface area (Å²) in [5.41, 5.74) is 5.29. The summed E-state index contributed by atoms with van der Waals surface area (Å²) in [7, 11) is -1.25. The molecular formula is C26H31SiZr-. The van der Waals surface area contributed by atoms with E-state index in [1.54, 1.807) is 0 Å². The summed E-state index contributed by atoms with van der Waals surface area (Å²) in [4.78, 5) is 0. The van der Waals surface area contributed by atoms with Crippen LogP contribution >= 0.6 is 0 Å². The first-order valence-electron chi connectivity index (χ1n) is 10.5. The van der Waals surface area contributed by atoms with Gasteiger partial charge in [-0.1, -0.05) is 98.4 Å². The van der Waals surface area contributed by atoms with Crippen molar-refractivity contribution < 1.29 is 26.2 Å². The van der Waals surface area contributed by atoms with Gasteiger partial charge in [0.15, 0.2) is 0 Å². The number of rotatable bonds is 3. The third kappa shape index (κ3) is 4.77. The van der Waals surface area contributed by atoms with Crippen LogP contribution in [0.2, 0.25) is 19.6 Å². The average Bonchev–Trinajstić information content (AvgIpc) is 3.03. The summed E-state index contributed by atoms with van der Waals surface area (Å²) >= 11 is 0. The van der Waals surface area contributed by atoms with Crippen molar-refractivity contribution in [1.29, 1.82) is 0 Å². The van der Waals surface area contributed by atoms with Crippen LogP contribution in [0.4, 0.5) is 0 Å². The number of hydrogen-bond acceptors (Lipinski definition) is 0. The van der Waals surface area contributed by atoms with Crippen molar-refractivity contribution >= 4 is 25.4 Å². The fourth-order valence-electron chi connectivity index (χ4n) is 4.44. The molecule has 0 saturated heterocycles. The van der Waals surface area contributed by atoms with Gasteiger partial charge in [0.05, 0.1) is 8.07 Å². The van der Waals surface area contributed by atoms with Crippen LogP contribution in [0.5, 0.6) is 0 Å². The van der Waals surface area contributed by atoms with Crippen molar-refractivity contribution in [3.63, 3.8) is 0 Å². The van der Waals surface area contributed by atoms with Crippen LogP contribution in [-0.4, -0.2) is 8.07 Å². The molecule has 2 aromatic carbocycles. The molecule has 2 aromatic rings. The Balaban J connectivity index is 0.00000225. The van der Waals surface area contributed by atoms with Crippen molar-refractivity contribution in [3.8, 4) is 11.1 Å². The molecule has 0 aromatic heterocycles. The molecule has 0 N–H and O–H groups in total. The van der Waals surface area contributed by atoms with Crippen molar-refractivity contribution in [2.45, 2.75) is 58.7 Å². The van der Waals surface area contributed by atoms with Crippen molar-refractivity contribution in [1.82, 2.24) is 0 Å². The number of fused-ring (bicyclic) bond motifs is 1. The quantitative estimate of drug-likeness (QED) is 0.436. The van der Waals surface area contributed by atoms with Gasteiger partial charge in [-0.25, -0.2) is 0 Å². The van der Waals surface area contributed by atoms with E-state index in [2.05, 4.69) is 81.2 Å². The van der Waals surface area contributed by atoms with Crippen LogP contribution in [-0.2, 0) is 26.2 Å². The molecule has 0 bridgehead atoms. The standard InChI is InChI=1S/C26H31Si.Zr/c1-19-14-23-17-21(16-20-8-6-5-7-9-20)18-26(23)25(15-19)22-10-12-24(13-11-22)27(2,3)4;/h10-16,18,20H,5-9H2,1-4H3;/q-1;. The maximum Gasteiger partial charge on any atom is 0.0775 e. The number of aryl methyl sites for hydroxylation is 1.